The fraction of sp³-hybridized carbons (Fsp3) is 0.750. The summed E-state index contributed by atoms with van der Waals surface area (Å²) in [6.07, 6.45) is 11.8. The highest BCUT2D eigenvalue weighted by molar-refractivity contribution is 5.16. The lowest BCUT2D eigenvalue weighted by atomic mass is 9.80. The zero-order valence-corrected chi connectivity index (χ0v) is 12.6. The zero-order valence-electron chi connectivity index (χ0n) is 12.6. The topological polar surface area (TPSA) is 0 Å². The van der Waals surface area contributed by atoms with Gasteiger partial charge in [0.1, 0.15) is 0 Å². The number of hydrogen-bond acceptors (Lipinski definition) is 0. The molecule has 0 aromatic rings. The Morgan fingerprint density at radius 2 is 1.69 bits per heavy atom. The fourth-order valence-corrected chi connectivity index (χ4v) is 1.48. The first kappa shape index (κ1) is 17.9. The van der Waals surface area contributed by atoms with Crippen molar-refractivity contribution in [3.63, 3.8) is 0 Å². The highest BCUT2D eigenvalue weighted by Crippen LogP contribution is 2.31. The number of rotatable bonds is 6. The molecule has 0 fully saturated rings. The summed E-state index contributed by atoms with van der Waals surface area (Å²) in [5, 5.41) is 0. The van der Waals surface area contributed by atoms with Crippen LogP contribution in [0.2, 0.25) is 0 Å². The molecule has 0 aromatic heterocycles. The van der Waals surface area contributed by atoms with Gasteiger partial charge in [-0.2, -0.15) is 0 Å². The molecule has 0 aliphatic rings. The Morgan fingerprint density at radius 3 is 2.12 bits per heavy atom. The van der Waals surface area contributed by atoms with Gasteiger partial charge in [0.05, 0.1) is 0 Å². The molecule has 0 nitrogen and oxygen atoms in total. The minimum absolute atomic E-state index is 0.370. The van der Waals surface area contributed by atoms with E-state index in [1.165, 1.54) is 31.3 Å². The lowest BCUT2D eigenvalue weighted by molar-refractivity contribution is 0.387. The van der Waals surface area contributed by atoms with Gasteiger partial charge in [-0.15, -0.1) is 0 Å². The lowest BCUT2D eigenvalue weighted by Gasteiger charge is -2.25. The maximum absolute atomic E-state index is 2.35. The van der Waals surface area contributed by atoms with Crippen LogP contribution in [0.15, 0.2) is 23.8 Å². The molecule has 0 unspecified atom stereocenters. The number of allylic oxidation sites excluding steroid dienone is 4. The van der Waals surface area contributed by atoms with E-state index in [-0.39, 0.29) is 0 Å². The monoisotopic (exact) mass is 224 g/mol. The standard InChI is InChI=1S/C14H26.C2H6/c1-6-8-10-12-14(4,5)13(3)11-9-7-2;1-2/h7,9,11H,6,8,10,12H2,1-5H3;1-2H3/b9-7-,13-11+;. The van der Waals surface area contributed by atoms with Crippen molar-refractivity contribution in [1.82, 2.24) is 0 Å². The molecule has 0 N–H and O–H groups in total. The van der Waals surface area contributed by atoms with E-state index < -0.39 is 0 Å². The van der Waals surface area contributed by atoms with Crippen LogP contribution in [0.4, 0.5) is 0 Å². The van der Waals surface area contributed by atoms with Crippen LogP contribution in [-0.4, -0.2) is 0 Å². The van der Waals surface area contributed by atoms with Crippen LogP contribution in [0, 0.1) is 5.41 Å². The molecule has 0 aliphatic carbocycles. The van der Waals surface area contributed by atoms with E-state index in [0.717, 1.165) is 0 Å². The Kier molecular flexibility index (Phi) is 12.3. The van der Waals surface area contributed by atoms with Gasteiger partial charge < -0.3 is 0 Å². The van der Waals surface area contributed by atoms with Gasteiger partial charge in [0.25, 0.3) is 0 Å². The van der Waals surface area contributed by atoms with E-state index in [2.05, 4.69) is 52.8 Å². The molecule has 96 valence electrons. The quantitative estimate of drug-likeness (QED) is 0.375. The largest absolute Gasteiger partial charge is 0.0877 e. The predicted molar refractivity (Wildman–Crippen MR) is 77.8 cm³/mol. The normalized spacial score (nSPS) is 12.6. The summed E-state index contributed by atoms with van der Waals surface area (Å²) in [5.41, 5.74) is 1.86. The van der Waals surface area contributed by atoms with Gasteiger partial charge in [-0.3, -0.25) is 0 Å². The van der Waals surface area contributed by atoms with Gasteiger partial charge in [-0.1, -0.05) is 77.7 Å². The van der Waals surface area contributed by atoms with Gasteiger partial charge in [0, 0.05) is 0 Å². The molecule has 0 radical (unpaired) electrons. The minimum atomic E-state index is 0.370. The molecule has 0 spiro atoms. The van der Waals surface area contributed by atoms with Crippen LogP contribution in [0.1, 0.15) is 74.1 Å². The molecular weight excluding hydrogens is 192 g/mol. The van der Waals surface area contributed by atoms with Crippen LogP contribution in [0.5, 0.6) is 0 Å². The van der Waals surface area contributed by atoms with E-state index in [9.17, 15) is 0 Å². The Hall–Kier alpha value is -0.520. The molecule has 0 rings (SSSR count). The molecule has 16 heavy (non-hydrogen) atoms. The van der Waals surface area contributed by atoms with Crippen LogP contribution >= 0.6 is 0 Å². The highest BCUT2D eigenvalue weighted by atomic mass is 14.2. The summed E-state index contributed by atoms with van der Waals surface area (Å²) < 4.78 is 0. The second kappa shape index (κ2) is 11.0. The zero-order chi connectivity index (χ0) is 13.0. The molecule has 0 heteroatoms. The lowest BCUT2D eigenvalue weighted by Crippen LogP contribution is -2.12. The Morgan fingerprint density at radius 1 is 1.12 bits per heavy atom. The van der Waals surface area contributed by atoms with Crippen LogP contribution in [0.3, 0.4) is 0 Å². The van der Waals surface area contributed by atoms with E-state index in [0.29, 0.717) is 5.41 Å². The fourth-order valence-electron chi connectivity index (χ4n) is 1.48. The average Bonchev–Trinajstić information content (AvgIpc) is 2.28. The summed E-state index contributed by atoms with van der Waals surface area (Å²) in [6.45, 7) is 15.3. The van der Waals surface area contributed by atoms with Crippen molar-refractivity contribution >= 4 is 0 Å². The van der Waals surface area contributed by atoms with Crippen molar-refractivity contribution in [2.75, 3.05) is 0 Å². The molecule has 0 saturated heterocycles. The Balaban J connectivity index is 0. The maximum Gasteiger partial charge on any atom is -0.0144 e. The third-order valence-electron chi connectivity index (χ3n) is 3.01. The SMILES string of the molecule is C/C=C\C=C(/C)C(C)(C)CCCCC.CC. The highest BCUT2D eigenvalue weighted by Gasteiger charge is 2.18. The van der Waals surface area contributed by atoms with Gasteiger partial charge in [0.15, 0.2) is 0 Å². The van der Waals surface area contributed by atoms with Gasteiger partial charge in [-0.05, 0) is 25.7 Å². The summed E-state index contributed by atoms with van der Waals surface area (Å²) in [7, 11) is 0. The van der Waals surface area contributed by atoms with Crippen molar-refractivity contribution in [1.29, 1.82) is 0 Å². The van der Waals surface area contributed by atoms with Crippen molar-refractivity contribution in [3.8, 4) is 0 Å². The number of unbranched alkanes of at least 4 members (excludes halogenated alkanes) is 2. The predicted octanol–water partition coefficient (Wildman–Crippen LogP) is 6.14. The first-order valence-corrected chi connectivity index (χ1v) is 6.84. The minimum Gasteiger partial charge on any atom is -0.0877 e. The molecular formula is C16H32. The third-order valence-corrected chi connectivity index (χ3v) is 3.01. The Labute approximate surface area is 104 Å². The van der Waals surface area contributed by atoms with Crippen molar-refractivity contribution in [2.24, 2.45) is 5.41 Å². The molecule has 0 atom stereocenters. The van der Waals surface area contributed by atoms with Crippen molar-refractivity contribution in [2.45, 2.75) is 74.1 Å². The molecule has 0 aliphatic heterocycles. The first-order chi connectivity index (χ1) is 7.54. The van der Waals surface area contributed by atoms with E-state index >= 15 is 0 Å². The molecule has 0 bridgehead atoms. The average molecular weight is 224 g/mol. The van der Waals surface area contributed by atoms with Gasteiger partial charge >= 0.3 is 0 Å². The van der Waals surface area contributed by atoms with Crippen LogP contribution in [-0.2, 0) is 0 Å². The second-order valence-corrected chi connectivity index (χ2v) is 4.72. The number of hydrogen-bond donors (Lipinski definition) is 0. The molecule has 0 saturated carbocycles. The van der Waals surface area contributed by atoms with Crippen LogP contribution in [0.25, 0.3) is 0 Å². The summed E-state index contributed by atoms with van der Waals surface area (Å²) in [4.78, 5) is 0. The first-order valence-electron chi connectivity index (χ1n) is 6.84. The molecule has 0 amide bonds. The maximum atomic E-state index is 2.35. The third kappa shape index (κ3) is 8.76. The van der Waals surface area contributed by atoms with Crippen LogP contribution < -0.4 is 0 Å². The second-order valence-electron chi connectivity index (χ2n) is 4.72. The molecule has 0 heterocycles. The molecule has 0 aromatic carbocycles. The van der Waals surface area contributed by atoms with E-state index in [1.54, 1.807) is 0 Å². The van der Waals surface area contributed by atoms with Gasteiger partial charge in [-0.25, -0.2) is 0 Å². The van der Waals surface area contributed by atoms with E-state index in [4.69, 9.17) is 0 Å². The van der Waals surface area contributed by atoms with Gasteiger partial charge in [0.2, 0.25) is 0 Å². The summed E-state index contributed by atoms with van der Waals surface area (Å²) in [5.74, 6) is 0. The van der Waals surface area contributed by atoms with Crippen molar-refractivity contribution < 1.29 is 0 Å². The Bertz CT molecular complexity index is 194. The smallest absolute Gasteiger partial charge is 0.0144 e. The van der Waals surface area contributed by atoms with Crippen molar-refractivity contribution in [3.05, 3.63) is 23.8 Å². The summed E-state index contributed by atoms with van der Waals surface area (Å²) in [6, 6.07) is 0. The van der Waals surface area contributed by atoms with E-state index in [1.807, 2.05) is 13.8 Å². The summed E-state index contributed by atoms with van der Waals surface area (Å²) >= 11 is 0.